The van der Waals surface area contributed by atoms with Gasteiger partial charge in [0.25, 0.3) is 0 Å². The molecule has 4 aromatic rings. The van der Waals surface area contributed by atoms with Crippen LogP contribution in [0.2, 0.25) is 5.02 Å². The van der Waals surface area contributed by atoms with E-state index in [1.807, 2.05) is 30.3 Å². The van der Waals surface area contributed by atoms with Gasteiger partial charge in [-0.25, -0.2) is 0 Å². The van der Waals surface area contributed by atoms with Crippen molar-refractivity contribution in [3.8, 4) is 5.75 Å². The second kappa shape index (κ2) is 8.57. The molecule has 0 fully saturated rings. The van der Waals surface area contributed by atoms with E-state index in [1.165, 1.54) is 16.8 Å². The Morgan fingerprint density at radius 2 is 1.63 bits per heavy atom. The van der Waals surface area contributed by atoms with Gasteiger partial charge in [0.05, 0.1) is 0 Å². The predicted octanol–water partition coefficient (Wildman–Crippen LogP) is 7.40. The standard InChI is InChI=1S/C27H28ClNO/c1-18(2)13-20-7-9-22(10-8-20)19(3)27-16-23-15-25(30)11-12-26(23)29(27)17-21-5-4-6-24(28)14-21/h4-12,14-16,18-19,30H,13,17H2,1-3H3. The molecule has 0 saturated carbocycles. The lowest BCUT2D eigenvalue weighted by Crippen LogP contribution is -2.08. The van der Waals surface area contributed by atoms with Crippen molar-refractivity contribution in [2.75, 3.05) is 0 Å². The quantitative estimate of drug-likeness (QED) is 0.347. The number of rotatable bonds is 6. The van der Waals surface area contributed by atoms with Crippen LogP contribution in [0.25, 0.3) is 10.9 Å². The number of nitrogens with zero attached hydrogens (tertiary/aromatic N) is 1. The highest BCUT2D eigenvalue weighted by Crippen LogP contribution is 2.33. The van der Waals surface area contributed by atoms with Crippen LogP contribution in [0.15, 0.2) is 72.8 Å². The van der Waals surface area contributed by atoms with Gasteiger partial charge in [-0.3, -0.25) is 0 Å². The van der Waals surface area contributed by atoms with Crippen LogP contribution >= 0.6 is 11.6 Å². The van der Waals surface area contributed by atoms with Crippen molar-refractivity contribution >= 4 is 22.5 Å². The smallest absolute Gasteiger partial charge is 0.116 e. The van der Waals surface area contributed by atoms with Gasteiger partial charge < -0.3 is 9.67 Å². The Balaban J connectivity index is 1.75. The summed E-state index contributed by atoms with van der Waals surface area (Å²) in [7, 11) is 0. The zero-order valence-electron chi connectivity index (χ0n) is 17.8. The molecule has 1 atom stereocenters. The third kappa shape index (κ3) is 4.39. The van der Waals surface area contributed by atoms with Crippen molar-refractivity contribution in [1.29, 1.82) is 0 Å². The van der Waals surface area contributed by atoms with Gasteiger partial charge in [-0.1, -0.05) is 68.8 Å². The molecule has 2 nitrogen and oxygen atoms in total. The van der Waals surface area contributed by atoms with Crippen LogP contribution in [0.1, 0.15) is 49.1 Å². The van der Waals surface area contributed by atoms with E-state index in [9.17, 15) is 5.11 Å². The van der Waals surface area contributed by atoms with Crippen LogP contribution in [0.3, 0.4) is 0 Å². The van der Waals surface area contributed by atoms with Crippen LogP contribution in [-0.2, 0) is 13.0 Å². The van der Waals surface area contributed by atoms with Crippen molar-refractivity contribution in [3.63, 3.8) is 0 Å². The number of aromatic nitrogens is 1. The summed E-state index contributed by atoms with van der Waals surface area (Å²) in [6.45, 7) is 7.49. The molecule has 0 amide bonds. The molecular formula is C27H28ClNO. The normalized spacial score (nSPS) is 12.6. The van der Waals surface area contributed by atoms with E-state index in [2.05, 4.69) is 61.7 Å². The SMILES string of the molecule is CC(C)Cc1ccc(C(C)c2cc3cc(O)ccc3n2Cc2cccc(Cl)c2)cc1. The molecule has 0 aliphatic heterocycles. The number of benzene rings is 3. The number of fused-ring (bicyclic) bond motifs is 1. The maximum absolute atomic E-state index is 9.99. The summed E-state index contributed by atoms with van der Waals surface area (Å²) < 4.78 is 2.34. The molecule has 154 valence electrons. The summed E-state index contributed by atoms with van der Waals surface area (Å²) in [5, 5.41) is 11.8. The molecule has 0 spiro atoms. The number of hydrogen-bond donors (Lipinski definition) is 1. The van der Waals surface area contributed by atoms with Gasteiger partial charge in [-0.2, -0.15) is 0 Å². The van der Waals surface area contributed by atoms with E-state index in [-0.39, 0.29) is 5.92 Å². The first-order valence-corrected chi connectivity index (χ1v) is 10.9. The van der Waals surface area contributed by atoms with Crippen LogP contribution in [0, 0.1) is 5.92 Å². The molecule has 1 unspecified atom stereocenters. The molecule has 3 heteroatoms. The van der Waals surface area contributed by atoms with Gasteiger partial charge in [0, 0.05) is 34.1 Å². The fourth-order valence-corrected chi connectivity index (χ4v) is 4.43. The molecule has 0 saturated heterocycles. The highest BCUT2D eigenvalue weighted by molar-refractivity contribution is 6.30. The van der Waals surface area contributed by atoms with E-state index < -0.39 is 0 Å². The zero-order chi connectivity index (χ0) is 21.3. The molecule has 0 radical (unpaired) electrons. The van der Waals surface area contributed by atoms with Crippen LogP contribution in [0.4, 0.5) is 0 Å². The molecule has 0 bridgehead atoms. The molecular weight excluding hydrogens is 390 g/mol. The van der Waals surface area contributed by atoms with E-state index in [4.69, 9.17) is 11.6 Å². The van der Waals surface area contributed by atoms with Crippen LogP contribution in [-0.4, -0.2) is 9.67 Å². The Morgan fingerprint density at radius 3 is 2.33 bits per heavy atom. The topological polar surface area (TPSA) is 25.2 Å². The molecule has 1 heterocycles. The van der Waals surface area contributed by atoms with E-state index in [0.717, 1.165) is 34.5 Å². The lowest BCUT2D eigenvalue weighted by atomic mass is 9.94. The van der Waals surface area contributed by atoms with Crippen molar-refractivity contribution < 1.29 is 5.11 Å². The first kappa shape index (κ1) is 20.6. The second-order valence-corrected chi connectivity index (χ2v) is 9.03. The summed E-state index contributed by atoms with van der Waals surface area (Å²) in [6, 6.07) is 24.8. The molecule has 3 aromatic carbocycles. The van der Waals surface area contributed by atoms with Crippen LogP contribution in [0.5, 0.6) is 5.75 Å². The fourth-order valence-electron chi connectivity index (χ4n) is 4.22. The lowest BCUT2D eigenvalue weighted by Gasteiger charge is -2.18. The Kier molecular flexibility index (Phi) is 5.87. The monoisotopic (exact) mass is 417 g/mol. The Hall–Kier alpha value is -2.71. The third-order valence-electron chi connectivity index (χ3n) is 5.71. The average Bonchev–Trinajstić information content (AvgIpc) is 3.05. The molecule has 30 heavy (non-hydrogen) atoms. The Labute approximate surface area is 183 Å². The number of phenolic OH excluding ortho intramolecular Hbond substituents is 1. The Morgan fingerprint density at radius 1 is 0.867 bits per heavy atom. The minimum absolute atomic E-state index is 0.229. The van der Waals surface area contributed by atoms with E-state index in [1.54, 1.807) is 6.07 Å². The highest BCUT2D eigenvalue weighted by atomic mass is 35.5. The number of hydrogen-bond acceptors (Lipinski definition) is 1. The highest BCUT2D eigenvalue weighted by Gasteiger charge is 2.17. The van der Waals surface area contributed by atoms with E-state index in [0.29, 0.717) is 11.7 Å². The lowest BCUT2D eigenvalue weighted by molar-refractivity contribution is 0.476. The molecule has 1 aromatic heterocycles. The van der Waals surface area contributed by atoms with Gasteiger partial charge in [-0.05, 0) is 65.4 Å². The predicted molar refractivity (Wildman–Crippen MR) is 127 cm³/mol. The van der Waals surface area contributed by atoms with Crippen molar-refractivity contribution in [2.24, 2.45) is 5.92 Å². The molecule has 4 rings (SSSR count). The fraction of sp³-hybridized carbons (Fsp3) is 0.259. The van der Waals surface area contributed by atoms with Crippen molar-refractivity contribution in [3.05, 3.63) is 100 Å². The average molecular weight is 418 g/mol. The van der Waals surface area contributed by atoms with Crippen LogP contribution < -0.4 is 0 Å². The van der Waals surface area contributed by atoms with Crippen molar-refractivity contribution in [2.45, 2.75) is 39.7 Å². The van der Waals surface area contributed by atoms with Gasteiger partial charge in [0.15, 0.2) is 0 Å². The first-order chi connectivity index (χ1) is 14.4. The summed E-state index contributed by atoms with van der Waals surface area (Å²) in [5.41, 5.74) is 6.18. The summed E-state index contributed by atoms with van der Waals surface area (Å²) in [5.74, 6) is 1.17. The summed E-state index contributed by atoms with van der Waals surface area (Å²) in [6.07, 6.45) is 1.10. The molecule has 1 N–H and O–H groups in total. The number of phenols is 1. The van der Waals surface area contributed by atoms with Crippen molar-refractivity contribution in [1.82, 2.24) is 4.57 Å². The zero-order valence-corrected chi connectivity index (χ0v) is 18.5. The maximum atomic E-state index is 9.99. The summed E-state index contributed by atoms with van der Waals surface area (Å²) in [4.78, 5) is 0. The minimum atomic E-state index is 0.229. The summed E-state index contributed by atoms with van der Waals surface area (Å²) >= 11 is 6.23. The Bertz CT molecular complexity index is 1160. The van der Waals surface area contributed by atoms with Gasteiger partial charge in [0.2, 0.25) is 0 Å². The first-order valence-electron chi connectivity index (χ1n) is 10.6. The van der Waals surface area contributed by atoms with Gasteiger partial charge in [-0.15, -0.1) is 0 Å². The van der Waals surface area contributed by atoms with E-state index >= 15 is 0 Å². The molecule has 0 aliphatic rings. The third-order valence-corrected chi connectivity index (χ3v) is 5.95. The van der Waals surface area contributed by atoms with Gasteiger partial charge in [0.1, 0.15) is 5.75 Å². The second-order valence-electron chi connectivity index (χ2n) is 8.59. The minimum Gasteiger partial charge on any atom is -0.508 e. The largest absolute Gasteiger partial charge is 0.508 e. The number of halogens is 1. The number of aromatic hydroxyl groups is 1. The maximum Gasteiger partial charge on any atom is 0.116 e. The van der Waals surface area contributed by atoms with Gasteiger partial charge >= 0.3 is 0 Å². The molecule has 0 aliphatic carbocycles.